The van der Waals surface area contributed by atoms with Crippen molar-refractivity contribution in [2.45, 2.75) is 10.4 Å². The van der Waals surface area contributed by atoms with Crippen LogP contribution in [0.1, 0.15) is 0 Å². The molecule has 0 spiro atoms. The Morgan fingerprint density at radius 3 is 2.46 bits per heavy atom. The molecule has 1 aromatic carbocycles. The van der Waals surface area contributed by atoms with Crippen LogP contribution in [-0.2, 0) is 0 Å². The molecule has 0 nitrogen and oxygen atoms in total. The molecule has 6 heteroatoms. The Morgan fingerprint density at radius 1 is 1.31 bits per heavy atom. The van der Waals surface area contributed by atoms with Gasteiger partial charge >= 0.3 is 5.51 Å². The fourth-order valence-electron chi connectivity index (χ4n) is 0.680. The SMILES string of the molecule is FC(F)(F)Sc1cc(Cl)ccc1Br. The van der Waals surface area contributed by atoms with Gasteiger partial charge in [0.15, 0.2) is 0 Å². The topological polar surface area (TPSA) is 0 Å². The van der Waals surface area contributed by atoms with E-state index in [1.54, 1.807) is 0 Å². The van der Waals surface area contributed by atoms with Crippen LogP contribution in [0.2, 0.25) is 5.02 Å². The summed E-state index contributed by atoms with van der Waals surface area (Å²) in [4.78, 5) is 0.0694. The first-order valence-electron chi connectivity index (χ1n) is 3.09. The minimum absolute atomic E-state index is 0.0694. The summed E-state index contributed by atoms with van der Waals surface area (Å²) in [6, 6.07) is 4.27. The van der Waals surface area contributed by atoms with Gasteiger partial charge in [-0.05, 0) is 45.9 Å². The van der Waals surface area contributed by atoms with E-state index in [0.717, 1.165) is 0 Å². The molecule has 0 saturated carbocycles. The van der Waals surface area contributed by atoms with E-state index in [1.807, 2.05) is 0 Å². The van der Waals surface area contributed by atoms with E-state index < -0.39 is 5.51 Å². The first-order chi connectivity index (χ1) is 5.88. The zero-order chi connectivity index (χ0) is 10.1. The third-order valence-corrected chi connectivity index (χ3v) is 3.10. The van der Waals surface area contributed by atoms with Crippen LogP contribution in [0, 0.1) is 0 Å². The predicted molar refractivity (Wildman–Crippen MR) is 51.1 cm³/mol. The molecular weight excluding hydrogens is 288 g/mol. The van der Waals surface area contributed by atoms with E-state index in [4.69, 9.17) is 11.6 Å². The van der Waals surface area contributed by atoms with Crippen LogP contribution < -0.4 is 0 Å². The summed E-state index contributed by atoms with van der Waals surface area (Å²) in [6.07, 6.45) is 0. The number of hydrogen-bond donors (Lipinski definition) is 0. The highest BCUT2D eigenvalue weighted by Gasteiger charge is 2.30. The highest BCUT2D eigenvalue weighted by Crippen LogP contribution is 2.41. The van der Waals surface area contributed by atoms with Gasteiger partial charge in [0.05, 0.1) is 0 Å². The molecule has 13 heavy (non-hydrogen) atoms. The van der Waals surface area contributed by atoms with Gasteiger partial charge in [0.1, 0.15) is 0 Å². The van der Waals surface area contributed by atoms with Gasteiger partial charge in [0, 0.05) is 14.4 Å². The number of rotatable bonds is 1. The molecule has 0 aliphatic carbocycles. The molecule has 0 saturated heterocycles. The van der Waals surface area contributed by atoms with Crippen LogP contribution in [0.15, 0.2) is 27.6 Å². The van der Waals surface area contributed by atoms with Crippen LogP contribution in [0.4, 0.5) is 13.2 Å². The van der Waals surface area contributed by atoms with Crippen molar-refractivity contribution in [3.8, 4) is 0 Å². The van der Waals surface area contributed by atoms with Gasteiger partial charge in [-0.2, -0.15) is 13.2 Å². The summed E-state index contributed by atoms with van der Waals surface area (Å²) in [7, 11) is 0. The zero-order valence-corrected chi connectivity index (χ0v) is 9.19. The summed E-state index contributed by atoms with van der Waals surface area (Å²) in [5.74, 6) is 0. The van der Waals surface area contributed by atoms with Crippen LogP contribution in [0.25, 0.3) is 0 Å². The zero-order valence-electron chi connectivity index (χ0n) is 6.03. The van der Waals surface area contributed by atoms with E-state index in [2.05, 4.69) is 15.9 Å². The lowest BCUT2D eigenvalue weighted by atomic mass is 10.4. The van der Waals surface area contributed by atoms with E-state index in [-0.39, 0.29) is 21.7 Å². The third-order valence-electron chi connectivity index (χ3n) is 1.12. The Balaban J connectivity index is 2.94. The normalized spacial score (nSPS) is 11.8. The lowest BCUT2D eigenvalue weighted by Gasteiger charge is -2.07. The lowest BCUT2D eigenvalue weighted by molar-refractivity contribution is -0.0328. The average molecular weight is 292 g/mol. The van der Waals surface area contributed by atoms with E-state index >= 15 is 0 Å². The summed E-state index contributed by atoms with van der Waals surface area (Å²) >= 11 is 8.36. The number of alkyl halides is 3. The fraction of sp³-hybridized carbons (Fsp3) is 0.143. The Morgan fingerprint density at radius 2 is 1.92 bits per heavy atom. The van der Waals surface area contributed by atoms with Gasteiger partial charge in [0.2, 0.25) is 0 Å². The van der Waals surface area contributed by atoms with Gasteiger partial charge in [-0.1, -0.05) is 11.6 Å². The Kier molecular flexibility index (Phi) is 3.54. The van der Waals surface area contributed by atoms with Crippen LogP contribution in [0.5, 0.6) is 0 Å². The minimum Gasteiger partial charge on any atom is -0.160 e. The summed E-state index contributed by atoms with van der Waals surface area (Å²) in [5.41, 5.74) is -4.28. The van der Waals surface area contributed by atoms with Crippen molar-refractivity contribution in [1.82, 2.24) is 0 Å². The smallest absolute Gasteiger partial charge is 0.160 e. The second kappa shape index (κ2) is 4.11. The molecule has 0 aliphatic rings. The van der Waals surface area contributed by atoms with Crippen LogP contribution in [-0.4, -0.2) is 5.51 Å². The van der Waals surface area contributed by atoms with Gasteiger partial charge in [-0.15, -0.1) is 0 Å². The molecular formula is C7H3BrClF3S. The predicted octanol–water partition coefficient (Wildman–Crippen LogP) is 4.71. The molecule has 0 radical (unpaired) electrons. The van der Waals surface area contributed by atoms with Crippen molar-refractivity contribution >= 4 is 39.3 Å². The van der Waals surface area contributed by atoms with E-state index in [1.165, 1.54) is 18.2 Å². The molecule has 0 fully saturated rings. The highest BCUT2D eigenvalue weighted by atomic mass is 79.9. The van der Waals surface area contributed by atoms with E-state index in [9.17, 15) is 13.2 Å². The Hall–Kier alpha value is 0.130. The molecule has 0 unspecified atom stereocenters. The van der Waals surface area contributed by atoms with Gasteiger partial charge in [-0.25, -0.2) is 0 Å². The van der Waals surface area contributed by atoms with Crippen molar-refractivity contribution in [3.63, 3.8) is 0 Å². The highest BCUT2D eigenvalue weighted by molar-refractivity contribution is 9.10. The minimum atomic E-state index is -4.28. The summed E-state index contributed by atoms with van der Waals surface area (Å²) in [5, 5.41) is 0.287. The maximum atomic E-state index is 12.0. The maximum Gasteiger partial charge on any atom is 0.446 e. The second-order valence-electron chi connectivity index (χ2n) is 2.12. The molecule has 0 N–H and O–H groups in total. The number of halogens is 5. The van der Waals surface area contributed by atoms with Crippen molar-refractivity contribution in [3.05, 3.63) is 27.7 Å². The van der Waals surface area contributed by atoms with Gasteiger partial charge in [0.25, 0.3) is 0 Å². The molecule has 0 heterocycles. The Labute approximate surface area is 90.6 Å². The molecule has 1 aromatic rings. The van der Waals surface area contributed by atoms with Crippen molar-refractivity contribution < 1.29 is 13.2 Å². The molecule has 0 aromatic heterocycles. The van der Waals surface area contributed by atoms with E-state index in [0.29, 0.717) is 4.47 Å². The third kappa shape index (κ3) is 3.79. The molecule has 0 bridgehead atoms. The fourth-order valence-corrected chi connectivity index (χ4v) is 2.01. The maximum absolute atomic E-state index is 12.0. The molecule has 0 atom stereocenters. The van der Waals surface area contributed by atoms with Crippen LogP contribution in [0.3, 0.4) is 0 Å². The number of benzene rings is 1. The molecule has 1 rings (SSSR count). The Bertz CT molecular complexity index is 313. The molecule has 72 valence electrons. The van der Waals surface area contributed by atoms with Crippen molar-refractivity contribution in [1.29, 1.82) is 0 Å². The first-order valence-corrected chi connectivity index (χ1v) is 5.08. The summed E-state index contributed by atoms with van der Waals surface area (Å²) in [6.45, 7) is 0. The van der Waals surface area contributed by atoms with Gasteiger partial charge in [-0.3, -0.25) is 0 Å². The summed E-state index contributed by atoms with van der Waals surface area (Å²) < 4.78 is 36.2. The van der Waals surface area contributed by atoms with Crippen molar-refractivity contribution in [2.24, 2.45) is 0 Å². The van der Waals surface area contributed by atoms with Gasteiger partial charge < -0.3 is 0 Å². The second-order valence-corrected chi connectivity index (χ2v) is 4.52. The lowest BCUT2D eigenvalue weighted by Crippen LogP contribution is -1.99. The standard InChI is InChI=1S/C7H3BrClF3S/c8-5-2-1-4(9)3-6(5)13-7(10,11)12/h1-3H. The first kappa shape index (κ1) is 11.2. The average Bonchev–Trinajstić information content (AvgIpc) is 1.94. The monoisotopic (exact) mass is 290 g/mol. The van der Waals surface area contributed by atoms with Crippen molar-refractivity contribution in [2.75, 3.05) is 0 Å². The molecule has 0 amide bonds. The largest absolute Gasteiger partial charge is 0.446 e. The molecule has 0 aliphatic heterocycles. The van der Waals surface area contributed by atoms with Crippen LogP contribution >= 0.6 is 39.3 Å². The quantitative estimate of drug-likeness (QED) is 0.675. The number of hydrogen-bond acceptors (Lipinski definition) is 1. The number of thioether (sulfide) groups is 1.